The highest BCUT2D eigenvalue weighted by atomic mass is 19.2. The Morgan fingerprint density at radius 3 is 2.78 bits per heavy atom. The highest BCUT2D eigenvalue weighted by Gasteiger charge is 2.14. The molecule has 1 N–H and O–H groups in total. The van der Waals surface area contributed by atoms with Gasteiger partial charge in [0, 0.05) is 24.6 Å². The molecule has 2 heterocycles. The van der Waals surface area contributed by atoms with Crippen molar-refractivity contribution in [1.29, 1.82) is 0 Å². The second kappa shape index (κ2) is 6.43. The fraction of sp³-hybridized carbons (Fsp3) is 0.125. The molecule has 5 nitrogen and oxygen atoms in total. The molecular weight excluding hydrogens is 306 g/mol. The van der Waals surface area contributed by atoms with Crippen LogP contribution in [0, 0.1) is 11.6 Å². The lowest BCUT2D eigenvalue weighted by molar-refractivity contribution is 0.0944. The highest BCUT2D eigenvalue weighted by molar-refractivity contribution is 5.93. The first-order chi connectivity index (χ1) is 11.1. The summed E-state index contributed by atoms with van der Waals surface area (Å²) in [6.07, 6.45) is 2.11. The maximum atomic E-state index is 13.2. The van der Waals surface area contributed by atoms with E-state index >= 15 is 0 Å². The normalized spacial score (nSPS) is 10.7. The van der Waals surface area contributed by atoms with Gasteiger partial charge in [-0.1, -0.05) is 5.16 Å². The molecular formula is C16H12F2N2O3. The van der Waals surface area contributed by atoms with Crippen molar-refractivity contribution in [2.45, 2.75) is 6.42 Å². The number of benzene rings is 1. The Balaban J connectivity index is 1.63. The van der Waals surface area contributed by atoms with Crippen LogP contribution < -0.4 is 5.32 Å². The van der Waals surface area contributed by atoms with E-state index in [0.29, 0.717) is 18.5 Å². The zero-order valence-electron chi connectivity index (χ0n) is 11.9. The Hall–Kier alpha value is -2.96. The van der Waals surface area contributed by atoms with Gasteiger partial charge in [0.25, 0.3) is 5.91 Å². The maximum Gasteiger partial charge on any atom is 0.273 e. The maximum absolute atomic E-state index is 13.2. The van der Waals surface area contributed by atoms with E-state index in [2.05, 4.69) is 10.5 Å². The molecule has 1 aromatic carbocycles. The average molecular weight is 318 g/mol. The summed E-state index contributed by atoms with van der Waals surface area (Å²) in [4.78, 5) is 11.9. The van der Waals surface area contributed by atoms with E-state index in [1.165, 1.54) is 12.1 Å². The number of nitrogens with one attached hydrogen (secondary N) is 1. The predicted molar refractivity (Wildman–Crippen MR) is 76.6 cm³/mol. The Morgan fingerprint density at radius 1 is 1.17 bits per heavy atom. The second-order valence-electron chi connectivity index (χ2n) is 4.79. The summed E-state index contributed by atoms with van der Waals surface area (Å²) in [7, 11) is 0. The van der Waals surface area contributed by atoms with Gasteiger partial charge in [-0.05, 0) is 30.3 Å². The van der Waals surface area contributed by atoms with E-state index in [9.17, 15) is 13.6 Å². The largest absolute Gasteiger partial charge is 0.469 e. The molecule has 0 atom stereocenters. The highest BCUT2D eigenvalue weighted by Crippen LogP contribution is 2.22. The number of aromatic nitrogens is 1. The van der Waals surface area contributed by atoms with Gasteiger partial charge < -0.3 is 14.3 Å². The van der Waals surface area contributed by atoms with Crippen molar-refractivity contribution in [2.75, 3.05) is 6.54 Å². The minimum Gasteiger partial charge on any atom is -0.469 e. The molecule has 0 saturated carbocycles. The third-order valence-corrected chi connectivity index (χ3v) is 3.18. The van der Waals surface area contributed by atoms with Crippen LogP contribution >= 0.6 is 0 Å². The minimum atomic E-state index is -0.997. The van der Waals surface area contributed by atoms with Crippen LogP contribution in [0.1, 0.15) is 16.2 Å². The van der Waals surface area contributed by atoms with Crippen molar-refractivity contribution in [3.8, 4) is 11.3 Å². The quantitative estimate of drug-likeness (QED) is 0.784. The first-order valence-electron chi connectivity index (χ1n) is 6.86. The van der Waals surface area contributed by atoms with E-state index in [-0.39, 0.29) is 11.5 Å². The van der Waals surface area contributed by atoms with Gasteiger partial charge >= 0.3 is 0 Å². The summed E-state index contributed by atoms with van der Waals surface area (Å²) >= 11 is 0. The number of rotatable bonds is 5. The lowest BCUT2D eigenvalue weighted by Crippen LogP contribution is -2.25. The van der Waals surface area contributed by atoms with Crippen LogP contribution in [0.4, 0.5) is 8.78 Å². The zero-order valence-corrected chi connectivity index (χ0v) is 11.9. The third kappa shape index (κ3) is 3.45. The summed E-state index contributed by atoms with van der Waals surface area (Å²) in [5.41, 5.74) is 0.357. The van der Waals surface area contributed by atoms with E-state index in [1.54, 1.807) is 12.3 Å². The van der Waals surface area contributed by atoms with Crippen LogP contribution in [0.25, 0.3) is 11.3 Å². The van der Waals surface area contributed by atoms with Gasteiger partial charge in [0.05, 0.1) is 6.26 Å². The lowest BCUT2D eigenvalue weighted by Gasteiger charge is -2.00. The van der Waals surface area contributed by atoms with Crippen LogP contribution in [-0.4, -0.2) is 17.6 Å². The lowest BCUT2D eigenvalue weighted by atomic mass is 10.1. The van der Waals surface area contributed by atoms with E-state index < -0.39 is 17.5 Å². The minimum absolute atomic E-state index is 0.0594. The van der Waals surface area contributed by atoms with Crippen LogP contribution in [-0.2, 0) is 6.42 Å². The zero-order chi connectivity index (χ0) is 16.2. The van der Waals surface area contributed by atoms with Crippen molar-refractivity contribution in [1.82, 2.24) is 10.5 Å². The summed E-state index contributed by atoms with van der Waals surface area (Å²) in [5.74, 6) is -1.44. The van der Waals surface area contributed by atoms with Gasteiger partial charge in [-0.3, -0.25) is 4.79 Å². The smallest absolute Gasteiger partial charge is 0.273 e. The number of halogens is 2. The van der Waals surface area contributed by atoms with E-state index in [0.717, 1.165) is 17.9 Å². The van der Waals surface area contributed by atoms with E-state index in [1.807, 2.05) is 6.07 Å². The van der Waals surface area contributed by atoms with Gasteiger partial charge in [0.2, 0.25) is 0 Å². The van der Waals surface area contributed by atoms with Crippen molar-refractivity contribution in [3.05, 3.63) is 65.7 Å². The van der Waals surface area contributed by atoms with E-state index in [4.69, 9.17) is 8.94 Å². The summed E-state index contributed by atoms with van der Waals surface area (Å²) in [6.45, 7) is 0.375. The molecule has 0 radical (unpaired) electrons. The number of furan rings is 1. The standard InChI is InChI=1S/C16H12F2N2O3/c17-12-4-3-10(8-13(12)18)15-9-14(20-23-15)16(21)19-6-5-11-2-1-7-22-11/h1-4,7-9H,5-6H2,(H,19,21). The SMILES string of the molecule is O=C(NCCc1ccco1)c1cc(-c2ccc(F)c(F)c2)on1. The molecule has 0 spiro atoms. The molecule has 23 heavy (non-hydrogen) atoms. The molecule has 0 aliphatic rings. The summed E-state index contributed by atoms with van der Waals surface area (Å²) in [6, 6.07) is 8.25. The molecule has 0 saturated heterocycles. The molecule has 0 bridgehead atoms. The van der Waals surface area contributed by atoms with Gasteiger partial charge in [-0.15, -0.1) is 0 Å². The Labute approximate surface area is 129 Å². The van der Waals surface area contributed by atoms with Crippen molar-refractivity contribution >= 4 is 5.91 Å². The number of carbonyl (C=O) groups excluding carboxylic acids is 1. The van der Waals surface area contributed by atoms with Gasteiger partial charge in [0.15, 0.2) is 23.1 Å². The molecule has 0 aliphatic carbocycles. The molecule has 0 fully saturated rings. The first kappa shape index (κ1) is 15.0. The van der Waals surface area contributed by atoms with Gasteiger partial charge in [-0.2, -0.15) is 0 Å². The number of hydrogen-bond acceptors (Lipinski definition) is 4. The number of hydrogen-bond donors (Lipinski definition) is 1. The Kier molecular flexibility index (Phi) is 4.18. The number of carbonyl (C=O) groups is 1. The Bertz CT molecular complexity index is 813. The molecule has 118 valence electrons. The fourth-order valence-corrected chi connectivity index (χ4v) is 2.01. The number of nitrogens with zero attached hydrogens (tertiary/aromatic N) is 1. The third-order valence-electron chi connectivity index (χ3n) is 3.18. The van der Waals surface area contributed by atoms with Crippen LogP contribution in [0.3, 0.4) is 0 Å². The average Bonchev–Trinajstić information content (AvgIpc) is 3.21. The molecule has 7 heteroatoms. The summed E-state index contributed by atoms with van der Waals surface area (Å²) < 4.78 is 36.3. The van der Waals surface area contributed by atoms with Crippen molar-refractivity contribution < 1.29 is 22.5 Å². The molecule has 0 aliphatic heterocycles. The summed E-state index contributed by atoms with van der Waals surface area (Å²) in [5, 5.41) is 6.30. The fourth-order valence-electron chi connectivity index (χ4n) is 2.01. The molecule has 0 unspecified atom stereocenters. The predicted octanol–water partition coefficient (Wildman–Crippen LogP) is 3.19. The second-order valence-corrected chi connectivity index (χ2v) is 4.79. The van der Waals surface area contributed by atoms with Gasteiger partial charge in [-0.25, -0.2) is 8.78 Å². The topological polar surface area (TPSA) is 68.3 Å². The van der Waals surface area contributed by atoms with Crippen LogP contribution in [0.2, 0.25) is 0 Å². The number of amides is 1. The van der Waals surface area contributed by atoms with Crippen LogP contribution in [0.15, 0.2) is 51.6 Å². The molecule has 3 rings (SSSR count). The van der Waals surface area contributed by atoms with Crippen molar-refractivity contribution in [2.24, 2.45) is 0 Å². The first-order valence-corrected chi connectivity index (χ1v) is 6.86. The van der Waals surface area contributed by atoms with Crippen molar-refractivity contribution in [3.63, 3.8) is 0 Å². The van der Waals surface area contributed by atoms with Crippen LogP contribution in [0.5, 0.6) is 0 Å². The monoisotopic (exact) mass is 318 g/mol. The van der Waals surface area contributed by atoms with Gasteiger partial charge in [0.1, 0.15) is 5.76 Å². The molecule has 2 aromatic heterocycles. The molecule has 1 amide bonds. The molecule has 3 aromatic rings. The Morgan fingerprint density at radius 2 is 2.04 bits per heavy atom.